The summed E-state index contributed by atoms with van der Waals surface area (Å²) in [7, 11) is 2.27. The first-order valence-electron chi connectivity index (χ1n) is 9.00. The molecule has 0 radical (unpaired) electrons. The zero-order valence-electron chi connectivity index (χ0n) is 15.0. The zero-order valence-corrected chi connectivity index (χ0v) is 15.0. The Bertz CT molecular complexity index is 318. The van der Waals surface area contributed by atoms with Gasteiger partial charge in [-0.3, -0.25) is 9.80 Å². The van der Waals surface area contributed by atoms with E-state index in [1.54, 1.807) is 0 Å². The monoisotopic (exact) mass is 295 g/mol. The lowest BCUT2D eigenvalue weighted by Gasteiger charge is -2.49. The Morgan fingerprint density at radius 1 is 1.05 bits per heavy atom. The molecule has 124 valence electrons. The molecule has 1 saturated heterocycles. The van der Waals surface area contributed by atoms with E-state index in [1.165, 1.54) is 64.8 Å². The molecule has 21 heavy (non-hydrogen) atoms. The van der Waals surface area contributed by atoms with E-state index in [-0.39, 0.29) is 0 Å². The number of piperazine rings is 1. The summed E-state index contributed by atoms with van der Waals surface area (Å²) in [5.74, 6) is 0. The molecule has 2 rings (SSSR count). The normalized spacial score (nSPS) is 27.1. The molecule has 0 unspecified atom stereocenters. The van der Waals surface area contributed by atoms with Gasteiger partial charge in [0, 0.05) is 44.3 Å². The van der Waals surface area contributed by atoms with Gasteiger partial charge in [-0.15, -0.1) is 0 Å². The van der Waals surface area contributed by atoms with Gasteiger partial charge < -0.3 is 5.32 Å². The van der Waals surface area contributed by atoms with Crippen molar-refractivity contribution in [3.05, 3.63) is 0 Å². The van der Waals surface area contributed by atoms with E-state index < -0.39 is 0 Å². The Morgan fingerprint density at radius 3 is 2.29 bits per heavy atom. The number of nitrogens with zero attached hydrogens (tertiary/aromatic N) is 2. The van der Waals surface area contributed by atoms with E-state index in [9.17, 15) is 0 Å². The second kappa shape index (κ2) is 6.97. The molecule has 2 fully saturated rings. The third-order valence-corrected chi connectivity index (χ3v) is 5.75. The van der Waals surface area contributed by atoms with Crippen molar-refractivity contribution in [2.75, 3.05) is 39.8 Å². The Labute approximate surface area is 132 Å². The van der Waals surface area contributed by atoms with Gasteiger partial charge in [0.15, 0.2) is 0 Å². The molecule has 2 aliphatic rings. The lowest BCUT2D eigenvalue weighted by Crippen LogP contribution is -2.60. The van der Waals surface area contributed by atoms with Crippen molar-refractivity contribution in [3.63, 3.8) is 0 Å². The van der Waals surface area contributed by atoms with Crippen LogP contribution < -0.4 is 5.32 Å². The third kappa shape index (κ3) is 4.67. The molecule has 0 bridgehead atoms. The van der Waals surface area contributed by atoms with Crippen molar-refractivity contribution < 1.29 is 0 Å². The summed E-state index contributed by atoms with van der Waals surface area (Å²) >= 11 is 0. The minimum Gasteiger partial charge on any atom is -0.314 e. The minimum absolute atomic E-state index is 0.319. The van der Waals surface area contributed by atoms with E-state index in [0.717, 1.165) is 0 Å². The van der Waals surface area contributed by atoms with Gasteiger partial charge in [0.1, 0.15) is 0 Å². The number of nitrogens with one attached hydrogen (secondary N) is 1. The van der Waals surface area contributed by atoms with Crippen LogP contribution in [0.2, 0.25) is 0 Å². The minimum atomic E-state index is 0.319. The highest BCUT2D eigenvalue weighted by molar-refractivity contribution is 4.93. The maximum absolute atomic E-state index is 3.74. The summed E-state index contributed by atoms with van der Waals surface area (Å²) in [5, 5.41) is 3.74. The lowest BCUT2D eigenvalue weighted by molar-refractivity contribution is 0.00611. The van der Waals surface area contributed by atoms with E-state index in [2.05, 4.69) is 49.9 Å². The summed E-state index contributed by atoms with van der Waals surface area (Å²) in [4.78, 5) is 5.26. The van der Waals surface area contributed by atoms with Crippen LogP contribution in [0.25, 0.3) is 0 Å². The fraction of sp³-hybridized carbons (Fsp3) is 1.00. The van der Waals surface area contributed by atoms with E-state index in [0.29, 0.717) is 17.0 Å². The average Bonchev–Trinajstić information content (AvgIpc) is 2.42. The predicted octanol–water partition coefficient (Wildman–Crippen LogP) is 2.96. The van der Waals surface area contributed by atoms with E-state index in [1.807, 2.05) is 0 Å². The van der Waals surface area contributed by atoms with Gasteiger partial charge in [-0.2, -0.15) is 0 Å². The van der Waals surface area contributed by atoms with Gasteiger partial charge in [-0.25, -0.2) is 0 Å². The molecule has 1 heterocycles. The molecular formula is C18H37N3. The summed E-state index contributed by atoms with van der Waals surface area (Å²) in [6, 6.07) is 0.604. The maximum Gasteiger partial charge on any atom is 0.0277 e. The molecule has 0 spiro atoms. The summed E-state index contributed by atoms with van der Waals surface area (Å²) in [6.07, 6.45) is 7.13. The number of hydrogen-bond donors (Lipinski definition) is 1. The van der Waals surface area contributed by atoms with E-state index >= 15 is 0 Å². The van der Waals surface area contributed by atoms with Crippen LogP contribution in [0.5, 0.6) is 0 Å². The Morgan fingerprint density at radius 2 is 1.71 bits per heavy atom. The van der Waals surface area contributed by atoms with Gasteiger partial charge in [0.25, 0.3) is 0 Å². The smallest absolute Gasteiger partial charge is 0.0277 e. The first-order chi connectivity index (χ1) is 9.83. The molecule has 3 nitrogen and oxygen atoms in total. The first kappa shape index (κ1) is 17.2. The zero-order chi connectivity index (χ0) is 15.5. The summed E-state index contributed by atoms with van der Waals surface area (Å²) in [5.41, 5.74) is 0.841. The molecule has 1 N–H and O–H groups in total. The predicted molar refractivity (Wildman–Crippen MR) is 91.8 cm³/mol. The quantitative estimate of drug-likeness (QED) is 0.841. The van der Waals surface area contributed by atoms with Crippen molar-refractivity contribution in [1.82, 2.24) is 15.1 Å². The topological polar surface area (TPSA) is 18.5 Å². The van der Waals surface area contributed by atoms with Gasteiger partial charge in [0.2, 0.25) is 0 Å². The molecule has 0 aromatic carbocycles. The molecule has 0 amide bonds. The molecule has 1 aliphatic carbocycles. The largest absolute Gasteiger partial charge is 0.314 e. The molecule has 0 aromatic rings. The Kier molecular flexibility index (Phi) is 5.72. The van der Waals surface area contributed by atoms with Gasteiger partial charge in [-0.1, -0.05) is 33.1 Å². The standard InChI is InChI=1S/C18H37N3/c1-16(2)19-13-18(9-7-6-8-10-18)15-21-12-11-20(5)17(3,4)14-21/h16,19H,6-15H2,1-5H3. The van der Waals surface area contributed by atoms with Crippen LogP contribution in [-0.4, -0.2) is 61.2 Å². The third-order valence-electron chi connectivity index (χ3n) is 5.75. The van der Waals surface area contributed by atoms with Crippen molar-refractivity contribution >= 4 is 0 Å². The van der Waals surface area contributed by atoms with Crippen molar-refractivity contribution in [2.24, 2.45) is 5.41 Å². The highest BCUT2D eigenvalue weighted by atomic mass is 15.3. The number of likely N-dealkylation sites (N-methyl/N-ethyl adjacent to an activating group) is 1. The SMILES string of the molecule is CC(C)NCC1(CN2CCN(C)C(C)(C)C2)CCCCC1. The average molecular weight is 296 g/mol. The van der Waals surface area contributed by atoms with Gasteiger partial charge >= 0.3 is 0 Å². The lowest BCUT2D eigenvalue weighted by atomic mass is 9.73. The first-order valence-corrected chi connectivity index (χ1v) is 9.00. The van der Waals surface area contributed by atoms with Crippen LogP contribution >= 0.6 is 0 Å². The Hall–Kier alpha value is -0.120. The van der Waals surface area contributed by atoms with Crippen molar-refractivity contribution in [1.29, 1.82) is 0 Å². The maximum atomic E-state index is 3.74. The highest BCUT2D eigenvalue weighted by Crippen LogP contribution is 2.37. The molecule has 1 aliphatic heterocycles. The van der Waals surface area contributed by atoms with Crippen molar-refractivity contribution in [3.8, 4) is 0 Å². The van der Waals surface area contributed by atoms with Crippen LogP contribution in [0, 0.1) is 5.41 Å². The Balaban J connectivity index is 1.98. The van der Waals surface area contributed by atoms with Crippen molar-refractivity contribution in [2.45, 2.75) is 71.4 Å². The van der Waals surface area contributed by atoms with Gasteiger partial charge in [0.05, 0.1) is 0 Å². The molecule has 3 heteroatoms. The molecular weight excluding hydrogens is 258 g/mol. The van der Waals surface area contributed by atoms with Crippen LogP contribution in [0.1, 0.15) is 59.8 Å². The van der Waals surface area contributed by atoms with E-state index in [4.69, 9.17) is 0 Å². The molecule has 1 saturated carbocycles. The number of rotatable bonds is 5. The van der Waals surface area contributed by atoms with Crippen LogP contribution in [-0.2, 0) is 0 Å². The fourth-order valence-corrected chi connectivity index (χ4v) is 4.06. The number of hydrogen-bond acceptors (Lipinski definition) is 3. The van der Waals surface area contributed by atoms with Crippen LogP contribution in [0.4, 0.5) is 0 Å². The second-order valence-corrected chi connectivity index (χ2v) is 8.54. The summed E-state index contributed by atoms with van der Waals surface area (Å²) in [6.45, 7) is 15.5. The summed E-state index contributed by atoms with van der Waals surface area (Å²) < 4.78 is 0. The van der Waals surface area contributed by atoms with Gasteiger partial charge in [-0.05, 0) is 39.2 Å². The second-order valence-electron chi connectivity index (χ2n) is 8.54. The van der Waals surface area contributed by atoms with Crippen LogP contribution in [0.3, 0.4) is 0 Å². The van der Waals surface area contributed by atoms with Crippen LogP contribution in [0.15, 0.2) is 0 Å². The highest BCUT2D eigenvalue weighted by Gasteiger charge is 2.38. The molecule has 0 aromatic heterocycles. The molecule has 0 atom stereocenters. The fourth-order valence-electron chi connectivity index (χ4n) is 4.06.